The molecule has 0 spiro atoms. The van der Waals surface area contributed by atoms with Crippen LogP contribution < -0.4 is 4.90 Å². The van der Waals surface area contributed by atoms with E-state index in [1.165, 1.54) is 11.0 Å². The SMILES string of the molecule is CCCN(CCO)c1cc(Cl)nc(C(F)(F)F)n1. The van der Waals surface area contributed by atoms with E-state index in [1.54, 1.807) is 0 Å². The van der Waals surface area contributed by atoms with Gasteiger partial charge in [0.2, 0.25) is 5.82 Å². The van der Waals surface area contributed by atoms with Crippen LogP contribution in [0.4, 0.5) is 19.0 Å². The topological polar surface area (TPSA) is 49.2 Å². The van der Waals surface area contributed by atoms with Crippen LogP contribution in [0.15, 0.2) is 6.07 Å². The van der Waals surface area contributed by atoms with Crippen LogP contribution in [-0.2, 0) is 6.18 Å². The molecule has 0 saturated heterocycles. The highest BCUT2D eigenvalue weighted by Crippen LogP contribution is 2.29. The lowest BCUT2D eigenvalue weighted by Gasteiger charge is -2.22. The maximum absolute atomic E-state index is 12.5. The Morgan fingerprint density at radius 1 is 1.33 bits per heavy atom. The van der Waals surface area contributed by atoms with Crippen LogP contribution in [0.1, 0.15) is 19.2 Å². The number of rotatable bonds is 5. The molecule has 1 rings (SSSR count). The first kappa shape index (κ1) is 15.0. The van der Waals surface area contributed by atoms with Gasteiger partial charge in [0.15, 0.2) is 0 Å². The summed E-state index contributed by atoms with van der Waals surface area (Å²) in [6, 6.07) is 1.25. The molecule has 4 nitrogen and oxygen atoms in total. The number of nitrogens with zero attached hydrogens (tertiary/aromatic N) is 3. The summed E-state index contributed by atoms with van der Waals surface area (Å²) in [6.07, 6.45) is -3.93. The van der Waals surface area contributed by atoms with Gasteiger partial charge in [-0.15, -0.1) is 0 Å². The lowest BCUT2D eigenvalue weighted by molar-refractivity contribution is -0.144. The van der Waals surface area contributed by atoms with Gasteiger partial charge in [-0.05, 0) is 6.42 Å². The molecular formula is C10H13ClF3N3O. The molecule has 0 atom stereocenters. The summed E-state index contributed by atoms with van der Waals surface area (Å²) < 4.78 is 37.6. The Balaban J connectivity index is 3.10. The van der Waals surface area contributed by atoms with Gasteiger partial charge in [0, 0.05) is 19.2 Å². The lowest BCUT2D eigenvalue weighted by atomic mass is 10.4. The van der Waals surface area contributed by atoms with Crippen molar-refractivity contribution in [2.75, 3.05) is 24.6 Å². The maximum Gasteiger partial charge on any atom is 0.451 e. The van der Waals surface area contributed by atoms with Gasteiger partial charge in [-0.1, -0.05) is 18.5 Å². The minimum absolute atomic E-state index is 0.0678. The molecule has 0 aliphatic heterocycles. The molecule has 0 fully saturated rings. The summed E-state index contributed by atoms with van der Waals surface area (Å²) in [7, 11) is 0. The van der Waals surface area contributed by atoms with Crippen molar-refractivity contribution in [3.05, 3.63) is 17.0 Å². The van der Waals surface area contributed by atoms with Crippen molar-refractivity contribution in [2.45, 2.75) is 19.5 Å². The fourth-order valence-electron chi connectivity index (χ4n) is 1.43. The second-order valence-electron chi connectivity index (χ2n) is 3.58. The standard InChI is InChI=1S/C10H13ClF3N3O/c1-2-3-17(4-5-18)8-6-7(11)15-9(16-8)10(12,13)14/h6,18H,2-5H2,1H3. The van der Waals surface area contributed by atoms with Gasteiger partial charge in [0.1, 0.15) is 11.0 Å². The second kappa shape index (κ2) is 6.19. The van der Waals surface area contributed by atoms with E-state index in [0.29, 0.717) is 13.0 Å². The molecule has 0 aliphatic carbocycles. The highest BCUT2D eigenvalue weighted by Gasteiger charge is 2.35. The minimum atomic E-state index is -4.64. The Bertz CT molecular complexity index is 394. The molecular weight excluding hydrogens is 271 g/mol. The van der Waals surface area contributed by atoms with E-state index < -0.39 is 12.0 Å². The lowest BCUT2D eigenvalue weighted by Crippen LogP contribution is -2.29. The molecule has 1 aromatic rings. The molecule has 0 unspecified atom stereocenters. The van der Waals surface area contributed by atoms with E-state index in [0.717, 1.165) is 0 Å². The number of anilines is 1. The number of halogens is 4. The van der Waals surface area contributed by atoms with E-state index >= 15 is 0 Å². The Labute approximate surface area is 107 Å². The van der Waals surface area contributed by atoms with E-state index in [1.807, 2.05) is 6.92 Å². The van der Waals surface area contributed by atoms with Crippen molar-refractivity contribution in [2.24, 2.45) is 0 Å². The number of hydrogen-bond donors (Lipinski definition) is 1. The zero-order valence-electron chi connectivity index (χ0n) is 9.71. The monoisotopic (exact) mass is 283 g/mol. The van der Waals surface area contributed by atoms with Gasteiger partial charge in [-0.25, -0.2) is 9.97 Å². The van der Waals surface area contributed by atoms with Gasteiger partial charge >= 0.3 is 6.18 Å². The summed E-state index contributed by atoms with van der Waals surface area (Å²) in [5.41, 5.74) is 0. The molecule has 1 N–H and O–H groups in total. The van der Waals surface area contributed by atoms with E-state index in [4.69, 9.17) is 16.7 Å². The number of aliphatic hydroxyl groups excluding tert-OH is 1. The van der Waals surface area contributed by atoms with Crippen molar-refractivity contribution < 1.29 is 18.3 Å². The van der Waals surface area contributed by atoms with Crippen molar-refractivity contribution in [1.82, 2.24) is 9.97 Å². The number of hydrogen-bond acceptors (Lipinski definition) is 4. The average molecular weight is 284 g/mol. The van der Waals surface area contributed by atoms with Crippen LogP contribution in [0, 0.1) is 0 Å². The van der Waals surface area contributed by atoms with Crippen molar-refractivity contribution in [3.63, 3.8) is 0 Å². The van der Waals surface area contributed by atoms with E-state index in [9.17, 15) is 13.2 Å². The molecule has 0 aromatic carbocycles. The largest absolute Gasteiger partial charge is 0.451 e. The molecule has 1 aromatic heterocycles. The van der Waals surface area contributed by atoms with Crippen LogP contribution in [0.5, 0.6) is 0 Å². The van der Waals surface area contributed by atoms with Crippen LogP contribution in [0.25, 0.3) is 0 Å². The first-order valence-electron chi connectivity index (χ1n) is 5.36. The zero-order valence-corrected chi connectivity index (χ0v) is 10.5. The third-order valence-electron chi connectivity index (χ3n) is 2.12. The molecule has 102 valence electrons. The fraction of sp³-hybridized carbons (Fsp3) is 0.600. The normalized spacial score (nSPS) is 11.7. The molecule has 8 heteroatoms. The number of alkyl halides is 3. The first-order chi connectivity index (χ1) is 8.38. The molecule has 0 radical (unpaired) electrons. The highest BCUT2D eigenvalue weighted by molar-refractivity contribution is 6.29. The van der Waals surface area contributed by atoms with E-state index in [-0.39, 0.29) is 24.1 Å². The fourth-order valence-corrected chi connectivity index (χ4v) is 1.60. The van der Waals surface area contributed by atoms with Gasteiger partial charge < -0.3 is 10.0 Å². The summed E-state index contributed by atoms with van der Waals surface area (Å²) in [5, 5.41) is 8.61. The predicted molar refractivity (Wildman–Crippen MR) is 61.6 cm³/mol. The number of aromatic nitrogens is 2. The summed E-state index contributed by atoms with van der Waals surface area (Å²) in [4.78, 5) is 8.12. The van der Waals surface area contributed by atoms with Gasteiger partial charge in [-0.2, -0.15) is 13.2 Å². The van der Waals surface area contributed by atoms with E-state index in [2.05, 4.69) is 9.97 Å². The zero-order chi connectivity index (χ0) is 13.8. The van der Waals surface area contributed by atoms with Crippen molar-refractivity contribution in [3.8, 4) is 0 Å². The van der Waals surface area contributed by atoms with Crippen LogP contribution in [0.2, 0.25) is 5.15 Å². The predicted octanol–water partition coefficient (Wildman–Crippen LogP) is 2.36. The first-order valence-corrected chi connectivity index (χ1v) is 5.74. The molecule has 0 saturated carbocycles. The maximum atomic E-state index is 12.5. The van der Waals surface area contributed by atoms with Crippen molar-refractivity contribution in [1.29, 1.82) is 0 Å². The van der Waals surface area contributed by atoms with Crippen LogP contribution in [-0.4, -0.2) is 34.8 Å². The third-order valence-corrected chi connectivity index (χ3v) is 2.32. The van der Waals surface area contributed by atoms with Crippen LogP contribution >= 0.6 is 11.6 Å². The third kappa shape index (κ3) is 3.99. The second-order valence-corrected chi connectivity index (χ2v) is 3.97. The highest BCUT2D eigenvalue weighted by atomic mass is 35.5. The summed E-state index contributed by atoms with van der Waals surface area (Å²) in [6.45, 7) is 2.37. The summed E-state index contributed by atoms with van der Waals surface area (Å²) in [5.74, 6) is -1.21. The van der Waals surface area contributed by atoms with Crippen LogP contribution in [0.3, 0.4) is 0 Å². The van der Waals surface area contributed by atoms with Gasteiger partial charge in [0.25, 0.3) is 0 Å². The Hall–Kier alpha value is -1.08. The van der Waals surface area contributed by atoms with Gasteiger partial charge in [0.05, 0.1) is 6.61 Å². The minimum Gasteiger partial charge on any atom is -0.395 e. The smallest absolute Gasteiger partial charge is 0.395 e. The molecule has 18 heavy (non-hydrogen) atoms. The molecule has 1 heterocycles. The Morgan fingerprint density at radius 2 is 2.00 bits per heavy atom. The Morgan fingerprint density at radius 3 is 2.50 bits per heavy atom. The molecule has 0 aliphatic rings. The summed E-state index contributed by atoms with van der Waals surface area (Å²) >= 11 is 5.56. The quantitative estimate of drug-likeness (QED) is 0.843. The average Bonchev–Trinajstić information content (AvgIpc) is 2.27. The molecule has 0 bridgehead atoms. The van der Waals surface area contributed by atoms with Crippen molar-refractivity contribution >= 4 is 17.4 Å². The van der Waals surface area contributed by atoms with Gasteiger partial charge in [-0.3, -0.25) is 0 Å². The molecule has 0 amide bonds. The number of aliphatic hydroxyl groups is 1. The Kier molecular flexibility index (Phi) is 5.15.